The molecule has 1 aromatic heterocycles. The highest BCUT2D eigenvalue weighted by Gasteiger charge is 2.13. The standard InChI is InChI=1S/C27H25FN4O2S/c1-3-8-19-9-4-7-12-24(19)34-17-18-35-27-31-30-25(32(27)2)20-13-15-21(16-14-20)29-26(33)22-10-5-6-11-23(22)28/h3-7,9-16H,1,8,17-18H2,2H3,(H,29,33). The van der Waals surface area contributed by atoms with Gasteiger partial charge in [-0.2, -0.15) is 0 Å². The number of amides is 1. The summed E-state index contributed by atoms with van der Waals surface area (Å²) in [7, 11) is 1.91. The molecule has 8 heteroatoms. The largest absolute Gasteiger partial charge is 0.492 e. The van der Waals surface area contributed by atoms with Gasteiger partial charge in [-0.05, 0) is 54.4 Å². The van der Waals surface area contributed by atoms with Crippen LogP contribution in [0.5, 0.6) is 5.75 Å². The number of hydrogen-bond acceptors (Lipinski definition) is 5. The maximum Gasteiger partial charge on any atom is 0.258 e. The van der Waals surface area contributed by atoms with E-state index in [0.29, 0.717) is 18.1 Å². The van der Waals surface area contributed by atoms with Crippen molar-refractivity contribution in [3.05, 3.63) is 102 Å². The van der Waals surface area contributed by atoms with Crippen molar-refractivity contribution in [3.8, 4) is 17.1 Å². The van der Waals surface area contributed by atoms with Crippen molar-refractivity contribution in [1.29, 1.82) is 0 Å². The zero-order valence-electron chi connectivity index (χ0n) is 19.3. The monoisotopic (exact) mass is 488 g/mol. The SMILES string of the molecule is C=CCc1ccccc1OCCSc1nnc(-c2ccc(NC(=O)c3ccccc3F)cc2)n1C. The van der Waals surface area contributed by atoms with Crippen molar-refractivity contribution in [2.24, 2.45) is 7.05 Å². The molecule has 6 nitrogen and oxygen atoms in total. The van der Waals surface area contributed by atoms with Crippen LogP contribution < -0.4 is 10.1 Å². The van der Waals surface area contributed by atoms with Crippen molar-refractivity contribution in [2.75, 3.05) is 17.7 Å². The quantitative estimate of drug-likeness (QED) is 0.174. The second-order valence-electron chi connectivity index (χ2n) is 7.67. The third-order valence-corrected chi connectivity index (χ3v) is 6.25. The number of thioether (sulfide) groups is 1. The van der Waals surface area contributed by atoms with Crippen LogP contribution in [0, 0.1) is 5.82 Å². The third kappa shape index (κ3) is 5.96. The minimum Gasteiger partial charge on any atom is -0.492 e. The number of rotatable bonds is 10. The predicted molar refractivity (Wildman–Crippen MR) is 137 cm³/mol. The van der Waals surface area contributed by atoms with Crippen LogP contribution in [0.2, 0.25) is 0 Å². The molecular formula is C27H25FN4O2S. The molecule has 0 aliphatic rings. The maximum atomic E-state index is 13.8. The fourth-order valence-corrected chi connectivity index (χ4v) is 4.22. The highest BCUT2D eigenvalue weighted by molar-refractivity contribution is 7.99. The van der Waals surface area contributed by atoms with Gasteiger partial charge in [0.1, 0.15) is 11.6 Å². The van der Waals surface area contributed by atoms with Crippen LogP contribution >= 0.6 is 11.8 Å². The second kappa shape index (κ2) is 11.5. The number of anilines is 1. The molecule has 3 aromatic carbocycles. The summed E-state index contributed by atoms with van der Waals surface area (Å²) in [6.45, 7) is 4.33. The van der Waals surface area contributed by atoms with E-state index in [1.807, 2.05) is 54.1 Å². The average molecular weight is 489 g/mol. The molecule has 0 fully saturated rings. The number of aromatic nitrogens is 3. The molecule has 1 N–H and O–H groups in total. The van der Waals surface area contributed by atoms with Gasteiger partial charge >= 0.3 is 0 Å². The van der Waals surface area contributed by atoms with Crippen molar-refractivity contribution in [3.63, 3.8) is 0 Å². The Balaban J connectivity index is 1.34. The molecule has 0 atom stereocenters. The van der Waals surface area contributed by atoms with Gasteiger partial charge in [0, 0.05) is 24.1 Å². The van der Waals surface area contributed by atoms with Gasteiger partial charge in [0.25, 0.3) is 5.91 Å². The number of para-hydroxylation sites is 1. The van der Waals surface area contributed by atoms with Gasteiger partial charge in [0.2, 0.25) is 0 Å². The summed E-state index contributed by atoms with van der Waals surface area (Å²) in [5.41, 5.74) is 2.53. The fourth-order valence-electron chi connectivity index (χ4n) is 3.49. The van der Waals surface area contributed by atoms with Gasteiger partial charge in [-0.25, -0.2) is 4.39 Å². The van der Waals surface area contributed by atoms with Crippen molar-refractivity contribution < 1.29 is 13.9 Å². The van der Waals surface area contributed by atoms with Crippen LogP contribution in [0.1, 0.15) is 15.9 Å². The fraction of sp³-hybridized carbons (Fsp3) is 0.148. The van der Waals surface area contributed by atoms with Crippen LogP contribution in [-0.2, 0) is 13.5 Å². The summed E-state index contributed by atoms with van der Waals surface area (Å²) in [6.07, 6.45) is 2.63. The first-order chi connectivity index (χ1) is 17.1. The van der Waals surface area contributed by atoms with E-state index in [9.17, 15) is 9.18 Å². The lowest BCUT2D eigenvalue weighted by molar-refractivity contribution is 0.102. The molecule has 0 radical (unpaired) electrons. The summed E-state index contributed by atoms with van der Waals surface area (Å²) in [5, 5.41) is 12.1. The van der Waals surface area contributed by atoms with Crippen molar-refractivity contribution in [2.45, 2.75) is 11.6 Å². The molecule has 0 saturated heterocycles. The first-order valence-electron chi connectivity index (χ1n) is 11.1. The molecule has 0 aliphatic heterocycles. The Morgan fingerprint density at radius 2 is 1.83 bits per heavy atom. The number of carbonyl (C=O) groups excluding carboxylic acids is 1. The highest BCUT2D eigenvalue weighted by Crippen LogP contribution is 2.25. The first kappa shape index (κ1) is 24.2. The van der Waals surface area contributed by atoms with E-state index in [1.165, 1.54) is 12.1 Å². The van der Waals surface area contributed by atoms with E-state index in [0.717, 1.165) is 34.2 Å². The number of allylic oxidation sites excluding steroid dienone is 1. The Bertz CT molecular complexity index is 1320. The third-order valence-electron chi connectivity index (χ3n) is 5.26. The summed E-state index contributed by atoms with van der Waals surface area (Å²) >= 11 is 1.56. The number of nitrogens with one attached hydrogen (secondary N) is 1. The summed E-state index contributed by atoms with van der Waals surface area (Å²) in [6, 6.07) is 21.0. The molecular weight excluding hydrogens is 463 g/mol. The van der Waals surface area contributed by atoms with Gasteiger partial charge < -0.3 is 14.6 Å². The Labute approximate surface area is 207 Å². The van der Waals surface area contributed by atoms with Gasteiger partial charge in [0.15, 0.2) is 11.0 Å². The van der Waals surface area contributed by atoms with Crippen LogP contribution in [0.25, 0.3) is 11.4 Å². The number of hydrogen-bond donors (Lipinski definition) is 1. The van der Waals surface area contributed by atoms with Crippen LogP contribution in [0.3, 0.4) is 0 Å². The second-order valence-corrected chi connectivity index (χ2v) is 8.74. The zero-order valence-corrected chi connectivity index (χ0v) is 20.1. The number of ether oxygens (including phenoxy) is 1. The molecule has 0 aliphatic carbocycles. The minimum absolute atomic E-state index is 0.000262. The van der Waals surface area contributed by atoms with E-state index in [1.54, 1.807) is 36.0 Å². The van der Waals surface area contributed by atoms with E-state index < -0.39 is 11.7 Å². The smallest absolute Gasteiger partial charge is 0.258 e. The molecule has 1 heterocycles. The van der Waals surface area contributed by atoms with Gasteiger partial charge in [-0.15, -0.1) is 16.8 Å². The molecule has 0 unspecified atom stereocenters. The lowest BCUT2D eigenvalue weighted by Crippen LogP contribution is -2.13. The van der Waals surface area contributed by atoms with Crippen molar-refractivity contribution >= 4 is 23.4 Å². The Kier molecular flexibility index (Phi) is 7.95. The predicted octanol–water partition coefficient (Wildman–Crippen LogP) is 5.77. The number of nitrogens with zero attached hydrogens (tertiary/aromatic N) is 3. The normalized spacial score (nSPS) is 10.7. The molecule has 4 aromatic rings. The first-order valence-corrected chi connectivity index (χ1v) is 12.1. The van der Waals surface area contributed by atoms with Crippen molar-refractivity contribution in [1.82, 2.24) is 14.8 Å². The maximum absolute atomic E-state index is 13.8. The number of halogens is 1. The molecule has 1 amide bonds. The van der Waals surface area contributed by atoms with Gasteiger partial charge in [0.05, 0.1) is 12.2 Å². The van der Waals surface area contributed by atoms with Gasteiger partial charge in [-0.1, -0.05) is 48.2 Å². The van der Waals surface area contributed by atoms with E-state index in [4.69, 9.17) is 4.74 Å². The Morgan fingerprint density at radius 3 is 2.60 bits per heavy atom. The average Bonchev–Trinajstić information content (AvgIpc) is 3.23. The lowest BCUT2D eigenvalue weighted by atomic mass is 10.1. The lowest BCUT2D eigenvalue weighted by Gasteiger charge is -2.10. The summed E-state index contributed by atoms with van der Waals surface area (Å²) in [4.78, 5) is 12.3. The number of carbonyl (C=O) groups is 1. The van der Waals surface area contributed by atoms with E-state index in [-0.39, 0.29) is 5.56 Å². The Hall–Kier alpha value is -3.91. The molecule has 4 rings (SSSR count). The van der Waals surface area contributed by atoms with Crippen LogP contribution in [-0.4, -0.2) is 33.0 Å². The molecule has 0 saturated carbocycles. The zero-order chi connectivity index (χ0) is 24.6. The summed E-state index contributed by atoms with van der Waals surface area (Å²) in [5.74, 6) is 1.24. The minimum atomic E-state index is -0.558. The Morgan fingerprint density at radius 1 is 1.09 bits per heavy atom. The van der Waals surface area contributed by atoms with Crippen LogP contribution in [0.15, 0.2) is 90.6 Å². The topological polar surface area (TPSA) is 69.0 Å². The van der Waals surface area contributed by atoms with Crippen LogP contribution in [0.4, 0.5) is 10.1 Å². The molecule has 0 spiro atoms. The van der Waals surface area contributed by atoms with E-state index >= 15 is 0 Å². The highest BCUT2D eigenvalue weighted by atomic mass is 32.2. The molecule has 178 valence electrons. The summed E-state index contributed by atoms with van der Waals surface area (Å²) < 4.78 is 21.7. The van der Waals surface area contributed by atoms with E-state index in [2.05, 4.69) is 22.1 Å². The number of benzene rings is 3. The molecule has 0 bridgehead atoms. The molecule has 35 heavy (non-hydrogen) atoms. The van der Waals surface area contributed by atoms with Gasteiger partial charge in [-0.3, -0.25) is 4.79 Å².